The summed E-state index contributed by atoms with van der Waals surface area (Å²) in [7, 11) is 0. The van der Waals surface area contributed by atoms with Crippen LogP contribution in [0.15, 0.2) is 18.2 Å². The molecule has 0 aliphatic heterocycles. The Kier molecular flexibility index (Phi) is 4.69. The molecule has 1 rings (SSSR count). The van der Waals surface area contributed by atoms with Gasteiger partial charge in [-0.2, -0.15) is 0 Å². The standard InChI is InChI=1S/C16H25NO3/c1-11(18)20-10-12-7-8-14(19)13(9-12)17-16(5,6)15(2,3)4/h7-9,17,19H,10H2,1-6H3. The Hall–Kier alpha value is -1.71. The van der Waals surface area contributed by atoms with Gasteiger partial charge in [0.1, 0.15) is 12.4 Å². The van der Waals surface area contributed by atoms with Crippen molar-refractivity contribution in [2.45, 2.75) is 53.7 Å². The lowest BCUT2D eigenvalue weighted by Crippen LogP contribution is -2.44. The van der Waals surface area contributed by atoms with E-state index in [-0.39, 0.29) is 29.3 Å². The number of esters is 1. The summed E-state index contributed by atoms with van der Waals surface area (Å²) in [6, 6.07) is 5.17. The predicted molar refractivity (Wildman–Crippen MR) is 80.7 cm³/mol. The summed E-state index contributed by atoms with van der Waals surface area (Å²) < 4.78 is 4.97. The molecule has 2 N–H and O–H groups in total. The highest BCUT2D eigenvalue weighted by atomic mass is 16.5. The Morgan fingerprint density at radius 3 is 2.35 bits per heavy atom. The maximum absolute atomic E-state index is 10.8. The molecule has 0 radical (unpaired) electrons. The minimum atomic E-state index is -0.317. The molecule has 0 aliphatic rings. The number of carbonyl (C=O) groups excluding carboxylic acids is 1. The lowest BCUT2D eigenvalue weighted by Gasteiger charge is -2.40. The Balaban J connectivity index is 2.95. The van der Waals surface area contributed by atoms with Gasteiger partial charge >= 0.3 is 5.97 Å². The first-order valence-corrected chi connectivity index (χ1v) is 6.76. The maximum atomic E-state index is 10.8. The number of benzene rings is 1. The molecule has 0 heterocycles. The number of nitrogens with one attached hydrogen (secondary N) is 1. The van der Waals surface area contributed by atoms with Gasteiger partial charge in [-0.15, -0.1) is 0 Å². The fourth-order valence-electron chi connectivity index (χ4n) is 1.48. The topological polar surface area (TPSA) is 58.6 Å². The summed E-state index contributed by atoms with van der Waals surface area (Å²) in [5, 5.41) is 13.3. The summed E-state index contributed by atoms with van der Waals surface area (Å²) in [5.74, 6) is -0.128. The SMILES string of the molecule is CC(=O)OCc1ccc(O)c(NC(C)(C)C(C)(C)C)c1. The Morgan fingerprint density at radius 1 is 1.25 bits per heavy atom. The maximum Gasteiger partial charge on any atom is 0.302 e. The second kappa shape index (κ2) is 5.73. The van der Waals surface area contributed by atoms with E-state index in [1.165, 1.54) is 6.92 Å². The molecule has 20 heavy (non-hydrogen) atoms. The van der Waals surface area contributed by atoms with E-state index in [0.717, 1.165) is 5.56 Å². The molecular formula is C16H25NO3. The fraction of sp³-hybridized carbons (Fsp3) is 0.562. The molecule has 0 amide bonds. The number of phenols is 1. The van der Waals surface area contributed by atoms with Crippen molar-refractivity contribution in [3.05, 3.63) is 23.8 Å². The molecular weight excluding hydrogens is 254 g/mol. The van der Waals surface area contributed by atoms with Crippen molar-refractivity contribution in [3.63, 3.8) is 0 Å². The number of phenolic OH excluding ortho intramolecular Hbond substituents is 1. The van der Waals surface area contributed by atoms with Crippen LogP contribution in [0.2, 0.25) is 0 Å². The lowest BCUT2D eigenvalue weighted by atomic mass is 9.76. The third-order valence-corrected chi connectivity index (χ3v) is 3.83. The molecule has 1 aromatic rings. The van der Waals surface area contributed by atoms with Crippen molar-refractivity contribution in [2.75, 3.05) is 5.32 Å². The molecule has 0 fully saturated rings. The Labute approximate surface area is 121 Å². The number of carbonyl (C=O) groups is 1. The summed E-state index contributed by atoms with van der Waals surface area (Å²) >= 11 is 0. The van der Waals surface area contributed by atoms with Crippen LogP contribution >= 0.6 is 0 Å². The second-order valence-electron chi connectivity index (χ2n) is 6.63. The summed E-state index contributed by atoms with van der Waals surface area (Å²) in [6.07, 6.45) is 0. The Morgan fingerprint density at radius 2 is 1.85 bits per heavy atom. The first-order chi connectivity index (χ1) is 9.03. The monoisotopic (exact) mass is 279 g/mol. The first kappa shape index (κ1) is 16.3. The number of ether oxygens (including phenoxy) is 1. The van der Waals surface area contributed by atoms with Crippen LogP contribution in [0, 0.1) is 5.41 Å². The molecule has 4 nitrogen and oxygen atoms in total. The highest BCUT2D eigenvalue weighted by molar-refractivity contribution is 5.66. The second-order valence-corrected chi connectivity index (χ2v) is 6.63. The van der Waals surface area contributed by atoms with Gasteiger partial charge in [0.25, 0.3) is 0 Å². The third-order valence-electron chi connectivity index (χ3n) is 3.83. The minimum Gasteiger partial charge on any atom is -0.506 e. The van der Waals surface area contributed by atoms with Crippen LogP contribution in [0.4, 0.5) is 5.69 Å². The van der Waals surface area contributed by atoms with E-state index < -0.39 is 0 Å². The summed E-state index contributed by atoms with van der Waals surface area (Å²) in [5.41, 5.74) is 1.30. The molecule has 1 aromatic carbocycles. The van der Waals surface area contributed by atoms with Gasteiger partial charge in [-0.3, -0.25) is 4.79 Å². The molecule has 0 bridgehead atoms. The summed E-state index contributed by atoms with van der Waals surface area (Å²) in [4.78, 5) is 10.8. The minimum absolute atomic E-state index is 0.0192. The van der Waals surface area contributed by atoms with Crippen LogP contribution in [0.5, 0.6) is 5.75 Å². The summed E-state index contributed by atoms with van der Waals surface area (Å²) in [6.45, 7) is 12.2. The largest absolute Gasteiger partial charge is 0.506 e. The normalized spacial score (nSPS) is 12.1. The van der Waals surface area contributed by atoms with Crippen molar-refractivity contribution in [1.29, 1.82) is 0 Å². The molecule has 0 spiro atoms. The van der Waals surface area contributed by atoms with Crippen molar-refractivity contribution < 1.29 is 14.6 Å². The van der Waals surface area contributed by atoms with Crippen molar-refractivity contribution in [2.24, 2.45) is 5.41 Å². The molecule has 0 atom stereocenters. The average Bonchev–Trinajstić information content (AvgIpc) is 2.28. The van der Waals surface area contributed by atoms with Gasteiger partial charge in [-0.1, -0.05) is 26.8 Å². The van der Waals surface area contributed by atoms with Crippen molar-refractivity contribution in [3.8, 4) is 5.75 Å². The fourth-order valence-corrected chi connectivity index (χ4v) is 1.48. The molecule has 0 saturated carbocycles. The van der Waals surface area contributed by atoms with Gasteiger partial charge in [0.15, 0.2) is 0 Å². The predicted octanol–water partition coefficient (Wildman–Crippen LogP) is 3.69. The van der Waals surface area contributed by atoms with E-state index in [4.69, 9.17) is 4.74 Å². The quantitative estimate of drug-likeness (QED) is 0.652. The molecule has 4 heteroatoms. The van der Waals surface area contributed by atoms with Crippen LogP contribution in [-0.2, 0) is 16.1 Å². The number of hydrogen-bond acceptors (Lipinski definition) is 4. The van der Waals surface area contributed by atoms with E-state index in [9.17, 15) is 9.90 Å². The van der Waals surface area contributed by atoms with Crippen LogP contribution in [-0.4, -0.2) is 16.6 Å². The molecule has 0 saturated heterocycles. The van der Waals surface area contributed by atoms with Crippen LogP contribution in [0.3, 0.4) is 0 Å². The molecule has 0 aliphatic carbocycles. The first-order valence-electron chi connectivity index (χ1n) is 6.76. The Bertz CT molecular complexity index is 487. The zero-order valence-electron chi connectivity index (χ0n) is 13.2. The highest BCUT2D eigenvalue weighted by Crippen LogP contribution is 2.36. The molecule has 0 aromatic heterocycles. The average molecular weight is 279 g/mol. The van der Waals surface area contributed by atoms with Crippen LogP contribution in [0.1, 0.15) is 47.1 Å². The van der Waals surface area contributed by atoms with Gasteiger partial charge in [0, 0.05) is 12.5 Å². The lowest BCUT2D eigenvalue weighted by molar-refractivity contribution is -0.142. The number of hydrogen-bond donors (Lipinski definition) is 2. The highest BCUT2D eigenvalue weighted by Gasteiger charge is 2.33. The smallest absolute Gasteiger partial charge is 0.302 e. The number of rotatable bonds is 4. The van der Waals surface area contributed by atoms with Crippen molar-refractivity contribution in [1.82, 2.24) is 0 Å². The molecule has 112 valence electrons. The van der Waals surface area contributed by atoms with Gasteiger partial charge in [0.05, 0.1) is 5.69 Å². The van der Waals surface area contributed by atoms with Crippen molar-refractivity contribution >= 4 is 11.7 Å². The van der Waals surface area contributed by atoms with E-state index in [0.29, 0.717) is 5.69 Å². The van der Waals surface area contributed by atoms with E-state index in [1.807, 2.05) is 6.07 Å². The molecule has 0 unspecified atom stereocenters. The number of anilines is 1. The van der Waals surface area contributed by atoms with Gasteiger partial charge in [0.2, 0.25) is 0 Å². The van der Waals surface area contributed by atoms with Gasteiger partial charge in [-0.25, -0.2) is 0 Å². The van der Waals surface area contributed by atoms with Gasteiger partial charge in [-0.05, 0) is 37.0 Å². The van der Waals surface area contributed by atoms with Crippen LogP contribution < -0.4 is 5.32 Å². The third kappa shape index (κ3) is 4.15. The van der Waals surface area contributed by atoms with Crippen LogP contribution in [0.25, 0.3) is 0 Å². The van der Waals surface area contributed by atoms with E-state index >= 15 is 0 Å². The van der Waals surface area contributed by atoms with Gasteiger partial charge < -0.3 is 15.2 Å². The van der Waals surface area contributed by atoms with E-state index in [2.05, 4.69) is 39.9 Å². The zero-order chi connectivity index (χ0) is 15.6. The van der Waals surface area contributed by atoms with E-state index in [1.54, 1.807) is 12.1 Å². The zero-order valence-corrected chi connectivity index (χ0v) is 13.2. The number of aromatic hydroxyl groups is 1.